The molecule has 5 aromatic rings. The molecule has 0 radical (unpaired) electrons. The van der Waals surface area contributed by atoms with Crippen molar-refractivity contribution < 1.29 is 0 Å². The summed E-state index contributed by atoms with van der Waals surface area (Å²) in [6.45, 7) is 8.86. The molecule has 4 heteroatoms. The van der Waals surface area contributed by atoms with Crippen LogP contribution in [0.3, 0.4) is 0 Å². The van der Waals surface area contributed by atoms with Gasteiger partial charge in [0, 0.05) is 11.3 Å². The average molecular weight is 407 g/mol. The summed E-state index contributed by atoms with van der Waals surface area (Å²) in [6, 6.07) is 25.2. The summed E-state index contributed by atoms with van der Waals surface area (Å²) in [4.78, 5) is 14.7. The van der Waals surface area contributed by atoms with Crippen LogP contribution in [0.2, 0.25) is 0 Å². The molecule has 5 rings (SSSR count). The average Bonchev–Trinajstić information content (AvgIpc) is 3.15. The van der Waals surface area contributed by atoms with E-state index >= 15 is 0 Å². The Kier molecular flexibility index (Phi) is 4.58. The molecule has 0 aliphatic heterocycles. The van der Waals surface area contributed by atoms with Gasteiger partial charge in [-0.1, -0.05) is 76.2 Å². The minimum Gasteiger partial charge on any atom is -0.275 e. The molecule has 0 aliphatic rings. The van der Waals surface area contributed by atoms with Crippen LogP contribution in [0, 0.1) is 0 Å². The second kappa shape index (κ2) is 7.31. The molecular formula is C27H26N4. The largest absolute Gasteiger partial charge is 0.275 e. The molecule has 0 atom stereocenters. The molecule has 0 saturated heterocycles. The van der Waals surface area contributed by atoms with Gasteiger partial charge in [0.25, 0.3) is 0 Å². The summed E-state index contributed by atoms with van der Waals surface area (Å²) in [6.07, 6.45) is 0.977. The summed E-state index contributed by atoms with van der Waals surface area (Å²) in [7, 11) is 0. The standard InChI is InChI=1S/C27H26N4/c1-5-18-9-8-10-21(17-18)31-25(19-13-15-20(16-14-19)27(2,3)4)30-24-26(31)29-23-12-7-6-11-22(23)28-24/h6-17H,5H2,1-4H3. The Morgan fingerprint density at radius 1 is 0.774 bits per heavy atom. The lowest BCUT2D eigenvalue weighted by Gasteiger charge is -2.19. The van der Waals surface area contributed by atoms with Gasteiger partial charge in [0.15, 0.2) is 11.3 Å². The van der Waals surface area contributed by atoms with Crippen molar-refractivity contribution in [3.63, 3.8) is 0 Å². The van der Waals surface area contributed by atoms with Gasteiger partial charge < -0.3 is 0 Å². The predicted octanol–water partition coefficient (Wildman–Crippen LogP) is 6.50. The van der Waals surface area contributed by atoms with Crippen molar-refractivity contribution in [1.82, 2.24) is 19.5 Å². The number of benzene rings is 3. The van der Waals surface area contributed by atoms with E-state index < -0.39 is 0 Å². The predicted molar refractivity (Wildman–Crippen MR) is 128 cm³/mol. The molecule has 0 aliphatic carbocycles. The second-order valence-electron chi connectivity index (χ2n) is 8.98. The molecule has 0 amide bonds. The fourth-order valence-electron chi connectivity index (χ4n) is 3.93. The van der Waals surface area contributed by atoms with Crippen LogP contribution in [0.15, 0.2) is 72.8 Å². The number of hydrogen-bond donors (Lipinski definition) is 0. The van der Waals surface area contributed by atoms with E-state index in [0.717, 1.165) is 40.2 Å². The first-order valence-electron chi connectivity index (χ1n) is 10.8. The minimum absolute atomic E-state index is 0.106. The molecule has 0 spiro atoms. The quantitative estimate of drug-likeness (QED) is 0.344. The maximum atomic E-state index is 4.95. The maximum absolute atomic E-state index is 4.95. The number of aromatic nitrogens is 4. The number of imidazole rings is 1. The highest BCUT2D eigenvalue weighted by Gasteiger charge is 2.19. The lowest BCUT2D eigenvalue weighted by Crippen LogP contribution is -2.10. The van der Waals surface area contributed by atoms with Gasteiger partial charge in [0.05, 0.1) is 11.0 Å². The topological polar surface area (TPSA) is 43.6 Å². The van der Waals surface area contributed by atoms with E-state index in [0.29, 0.717) is 5.65 Å². The molecule has 0 unspecified atom stereocenters. The van der Waals surface area contributed by atoms with Crippen LogP contribution in [-0.4, -0.2) is 19.5 Å². The molecule has 154 valence electrons. The third-order valence-corrected chi connectivity index (χ3v) is 5.76. The molecule has 0 saturated carbocycles. The summed E-state index contributed by atoms with van der Waals surface area (Å²) in [5.74, 6) is 0.860. The highest BCUT2D eigenvalue weighted by Crippen LogP contribution is 2.30. The van der Waals surface area contributed by atoms with E-state index in [1.807, 2.05) is 24.3 Å². The fourth-order valence-corrected chi connectivity index (χ4v) is 3.93. The first-order chi connectivity index (χ1) is 14.9. The van der Waals surface area contributed by atoms with Crippen LogP contribution in [0.25, 0.3) is 39.4 Å². The van der Waals surface area contributed by atoms with Crippen LogP contribution >= 0.6 is 0 Å². The fraction of sp³-hybridized carbons (Fsp3) is 0.222. The smallest absolute Gasteiger partial charge is 0.199 e. The lowest BCUT2D eigenvalue weighted by atomic mass is 9.87. The van der Waals surface area contributed by atoms with Gasteiger partial charge >= 0.3 is 0 Å². The van der Waals surface area contributed by atoms with Gasteiger partial charge in [0.2, 0.25) is 0 Å². The Morgan fingerprint density at radius 2 is 1.48 bits per heavy atom. The summed E-state index contributed by atoms with van der Waals surface area (Å²) in [5.41, 5.74) is 7.97. The monoisotopic (exact) mass is 406 g/mol. The van der Waals surface area contributed by atoms with Crippen LogP contribution < -0.4 is 0 Å². The third-order valence-electron chi connectivity index (χ3n) is 5.76. The van der Waals surface area contributed by atoms with Gasteiger partial charge in [-0.2, -0.15) is 0 Å². The van der Waals surface area contributed by atoms with Crippen LogP contribution in [-0.2, 0) is 11.8 Å². The van der Waals surface area contributed by atoms with Gasteiger partial charge in [-0.05, 0) is 47.2 Å². The number of rotatable bonds is 3. The second-order valence-corrected chi connectivity index (χ2v) is 8.98. The van der Waals surface area contributed by atoms with Crippen molar-refractivity contribution in [2.45, 2.75) is 39.5 Å². The molecule has 0 bridgehead atoms. The lowest BCUT2D eigenvalue weighted by molar-refractivity contribution is 0.590. The number of nitrogens with zero attached hydrogens (tertiary/aromatic N) is 4. The Balaban J connectivity index is 1.79. The van der Waals surface area contributed by atoms with E-state index in [1.54, 1.807) is 0 Å². The van der Waals surface area contributed by atoms with Crippen molar-refractivity contribution in [2.75, 3.05) is 0 Å². The van der Waals surface area contributed by atoms with E-state index in [-0.39, 0.29) is 5.41 Å². The number of para-hydroxylation sites is 2. The SMILES string of the molecule is CCc1cccc(-n2c(-c3ccc(C(C)(C)C)cc3)nc3nc4ccccc4nc32)c1. The normalized spacial score (nSPS) is 12.0. The zero-order valence-corrected chi connectivity index (χ0v) is 18.4. The van der Waals surface area contributed by atoms with E-state index in [9.17, 15) is 0 Å². The number of hydrogen-bond acceptors (Lipinski definition) is 3. The molecule has 0 N–H and O–H groups in total. The van der Waals surface area contributed by atoms with E-state index in [4.69, 9.17) is 15.0 Å². The Labute approximate surface area is 182 Å². The van der Waals surface area contributed by atoms with Gasteiger partial charge in [-0.15, -0.1) is 0 Å². The molecule has 2 aromatic heterocycles. The first-order valence-corrected chi connectivity index (χ1v) is 10.8. The highest BCUT2D eigenvalue weighted by atomic mass is 15.2. The van der Waals surface area contributed by atoms with Crippen molar-refractivity contribution in [2.24, 2.45) is 0 Å². The van der Waals surface area contributed by atoms with Gasteiger partial charge in [0.1, 0.15) is 5.82 Å². The van der Waals surface area contributed by atoms with Crippen molar-refractivity contribution in [3.05, 3.63) is 83.9 Å². The van der Waals surface area contributed by atoms with Crippen molar-refractivity contribution >= 4 is 22.3 Å². The Bertz CT molecular complexity index is 1390. The molecule has 3 aromatic carbocycles. The number of fused-ring (bicyclic) bond motifs is 2. The van der Waals surface area contributed by atoms with E-state index in [2.05, 4.69) is 80.8 Å². The summed E-state index contributed by atoms with van der Waals surface area (Å²) < 4.78 is 2.14. The zero-order valence-electron chi connectivity index (χ0n) is 18.4. The highest BCUT2D eigenvalue weighted by molar-refractivity contribution is 5.86. The van der Waals surface area contributed by atoms with Crippen LogP contribution in [0.1, 0.15) is 38.8 Å². The minimum atomic E-state index is 0.106. The number of aryl methyl sites for hydroxylation is 1. The van der Waals surface area contributed by atoms with Crippen molar-refractivity contribution in [3.8, 4) is 17.1 Å². The zero-order chi connectivity index (χ0) is 21.6. The van der Waals surface area contributed by atoms with Crippen LogP contribution in [0.4, 0.5) is 0 Å². The molecule has 4 nitrogen and oxygen atoms in total. The Hall–Kier alpha value is -3.53. The maximum Gasteiger partial charge on any atom is 0.199 e. The summed E-state index contributed by atoms with van der Waals surface area (Å²) in [5, 5.41) is 0. The molecular weight excluding hydrogens is 380 g/mol. The van der Waals surface area contributed by atoms with Crippen LogP contribution in [0.5, 0.6) is 0 Å². The van der Waals surface area contributed by atoms with Gasteiger partial charge in [-0.25, -0.2) is 15.0 Å². The molecule has 0 fully saturated rings. The third kappa shape index (κ3) is 3.48. The Morgan fingerprint density at radius 3 is 2.16 bits per heavy atom. The van der Waals surface area contributed by atoms with E-state index in [1.165, 1.54) is 11.1 Å². The molecule has 2 heterocycles. The van der Waals surface area contributed by atoms with Gasteiger partial charge in [-0.3, -0.25) is 4.57 Å². The molecule has 31 heavy (non-hydrogen) atoms. The summed E-state index contributed by atoms with van der Waals surface area (Å²) >= 11 is 0. The first kappa shape index (κ1) is 19.4. The van der Waals surface area contributed by atoms with Crippen molar-refractivity contribution in [1.29, 1.82) is 0 Å².